The van der Waals surface area contributed by atoms with Gasteiger partial charge >= 0.3 is 5.97 Å². The quantitative estimate of drug-likeness (QED) is 0.827. The van der Waals surface area contributed by atoms with Crippen molar-refractivity contribution in [3.63, 3.8) is 0 Å². The summed E-state index contributed by atoms with van der Waals surface area (Å²) in [4.78, 5) is 11.1. The number of rotatable bonds is 5. The van der Waals surface area contributed by atoms with Crippen LogP contribution in [-0.4, -0.2) is 23.8 Å². The summed E-state index contributed by atoms with van der Waals surface area (Å²) in [5.74, 6) is -0.479. The third kappa shape index (κ3) is 3.44. The maximum absolute atomic E-state index is 11.1. The molecule has 1 heterocycles. The normalized spacial score (nSPS) is 26.8. The molecule has 2 rings (SSSR count). The molecule has 0 radical (unpaired) electrons. The molecule has 0 aromatic heterocycles. The van der Waals surface area contributed by atoms with Gasteiger partial charge in [-0.05, 0) is 24.3 Å². The van der Waals surface area contributed by atoms with Gasteiger partial charge in [-0.2, -0.15) is 0 Å². The van der Waals surface area contributed by atoms with E-state index in [9.17, 15) is 4.79 Å². The highest BCUT2D eigenvalue weighted by Crippen LogP contribution is 2.38. The zero-order valence-corrected chi connectivity index (χ0v) is 11.0. The number of carboxylic acid groups (broad SMARTS) is 1. The first-order valence-corrected chi connectivity index (χ1v) is 6.71. The van der Waals surface area contributed by atoms with Gasteiger partial charge in [-0.3, -0.25) is 4.79 Å². The molecule has 0 unspecified atom stereocenters. The van der Waals surface area contributed by atoms with Gasteiger partial charge in [0, 0.05) is 12.5 Å². The van der Waals surface area contributed by atoms with E-state index in [1.165, 1.54) is 5.56 Å². The van der Waals surface area contributed by atoms with Gasteiger partial charge in [0.25, 0.3) is 0 Å². The van der Waals surface area contributed by atoms with Crippen molar-refractivity contribution in [2.45, 2.75) is 31.3 Å². The Balaban J connectivity index is 2.23. The van der Waals surface area contributed by atoms with E-state index in [2.05, 4.69) is 18.7 Å². The molecule has 3 nitrogen and oxygen atoms in total. The summed E-state index contributed by atoms with van der Waals surface area (Å²) in [6.07, 6.45) is 3.52. The van der Waals surface area contributed by atoms with Crippen LogP contribution >= 0.6 is 0 Å². The minimum atomic E-state index is -0.759. The number of carboxylic acids is 1. The Morgan fingerprint density at radius 3 is 2.79 bits per heavy atom. The highest BCUT2D eigenvalue weighted by Gasteiger charge is 2.35. The molecule has 1 aromatic rings. The molecule has 0 spiro atoms. The molecule has 1 saturated heterocycles. The number of hydrogen-bond acceptors (Lipinski definition) is 2. The van der Waals surface area contributed by atoms with Crippen LogP contribution < -0.4 is 0 Å². The fourth-order valence-electron chi connectivity index (χ4n) is 2.94. The average molecular weight is 260 g/mol. The van der Waals surface area contributed by atoms with Crippen molar-refractivity contribution >= 4 is 5.97 Å². The van der Waals surface area contributed by atoms with Gasteiger partial charge in [0.15, 0.2) is 0 Å². The first-order valence-electron chi connectivity index (χ1n) is 6.71. The number of benzene rings is 1. The van der Waals surface area contributed by atoms with E-state index in [4.69, 9.17) is 9.84 Å². The minimum Gasteiger partial charge on any atom is -0.481 e. The largest absolute Gasteiger partial charge is 0.481 e. The summed E-state index contributed by atoms with van der Waals surface area (Å²) in [6.45, 7) is 4.43. The molecule has 0 aliphatic carbocycles. The molecule has 1 aromatic carbocycles. The standard InChI is InChI=1S/C16H20O3/c1-2-6-15-14(11-16(17)18)13(9-10-19-15)12-7-4-3-5-8-12/h2-5,7-8,13-15H,1,6,9-11H2,(H,17,18)/t13-,14-,15-/m0/s1. The molecule has 1 aliphatic rings. The van der Waals surface area contributed by atoms with Gasteiger partial charge in [0.1, 0.15) is 0 Å². The van der Waals surface area contributed by atoms with E-state index in [0.29, 0.717) is 13.0 Å². The lowest BCUT2D eigenvalue weighted by Crippen LogP contribution is -2.36. The summed E-state index contributed by atoms with van der Waals surface area (Å²) in [5.41, 5.74) is 1.21. The van der Waals surface area contributed by atoms with Crippen molar-refractivity contribution < 1.29 is 14.6 Å². The second kappa shape index (κ2) is 6.53. The molecule has 19 heavy (non-hydrogen) atoms. The van der Waals surface area contributed by atoms with Crippen LogP contribution in [0.15, 0.2) is 43.0 Å². The average Bonchev–Trinajstić information content (AvgIpc) is 2.41. The summed E-state index contributed by atoms with van der Waals surface area (Å²) >= 11 is 0. The Hall–Kier alpha value is -1.61. The van der Waals surface area contributed by atoms with Crippen LogP contribution in [0.1, 0.15) is 30.7 Å². The van der Waals surface area contributed by atoms with Gasteiger partial charge < -0.3 is 9.84 Å². The van der Waals surface area contributed by atoms with E-state index in [1.54, 1.807) is 0 Å². The van der Waals surface area contributed by atoms with Crippen molar-refractivity contribution in [3.05, 3.63) is 48.6 Å². The molecule has 0 amide bonds. The summed E-state index contributed by atoms with van der Waals surface area (Å²) < 4.78 is 5.75. The Kier molecular flexibility index (Phi) is 4.74. The van der Waals surface area contributed by atoms with Crippen molar-refractivity contribution in [1.29, 1.82) is 0 Å². The lowest BCUT2D eigenvalue weighted by atomic mass is 9.76. The predicted molar refractivity (Wildman–Crippen MR) is 74.1 cm³/mol. The van der Waals surface area contributed by atoms with Gasteiger partial charge in [-0.25, -0.2) is 0 Å². The van der Waals surface area contributed by atoms with Crippen LogP contribution in [0.2, 0.25) is 0 Å². The second-order valence-corrected chi connectivity index (χ2v) is 5.00. The number of carbonyl (C=O) groups is 1. The maximum atomic E-state index is 11.1. The zero-order chi connectivity index (χ0) is 13.7. The van der Waals surface area contributed by atoms with E-state index >= 15 is 0 Å². The molecule has 102 valence electrons. The molecule has 1 aliphatic heterocycles. The fourth-order valence-corrected chi connectivity index (χ4v) is 2.94. The second-order valence-electron chi connectivity index (χ2n) is 5.00. The van der Waals surface area contributed by atoms with Gasteiger partial charge in [-0.1, -0.05) is 36.4 Å². The van der Waals surface area contributed by atoms with E-state index in [1.807, 2.05) is 24.3 Å². The van der Waals surface area contributed by atoms with Gasteiger partial charge in [0.05, 0.1) is 12.5 Å². The molecule has 3 atom stereocenters. The van der Waals surface area contributed by atoms with Crippen LogP contribution in [0.3, 0.4) is 0 Å². The van der Waals surface area contributed by atoms with Gasteiger partial charge in [0.2, 0.25) is 0 Å². The van der Waals surface area contributed by atoms with Crippen LogP contribution in [0.4, 0.5) is 0 Å². The lowest BCUT2D eigenvalue weighted by Gasteiger charge is -2.37. The molecule has 1 fully saturated rings. The Morgan fingerprint density at radius 1 is 1.42 bits per heavy atom. The Bertz CT molecular complexity index is 427. The maximum Gasteiger partial charge on any atom is 0.303 e. The molecule has 3 heteroatoms. The Morgan fingerprint density at radius 2 is 2.16 bits per heavy atom. The first kappa shape index (κ1) is 13.8. The van der Waals surface area contributed by atoms with Crippen LogP contribution in [0.5, 0.6) is 0 Å². The number of ether oxygens (including phenoxy) is 1. The van der Waals surface area contributed by atoms with Crippen molar-refractivity contribution in [2.75, 3.05) is 6.61 Å². The predicted octanol–water partition coefficient (Wildman–Crippen LogP) is 3.23. The SMILES string of the molecule is C=CC[C@@H]1OCC[C@@H](c2ccccc2)[C@@H]1CC(=O)O. The van der Waals surface area contributed by atoms with Crippen molar-refractivity contribution in [2.24, 2.45) is 5.92 Å². The number of hydrogen-bond donors (Lipinski definition) is 1. The molecule has 1 N–H and O–H groups in total. The van der Waals surface area contributed by atoms with E-state index < -0.39 is 5.97 Å². The fraction of sp³-hybridized carbons (Fsp3) is 0.438. The van der Waals surface area contributed by atoms with Crippen LogP contribution in [0.25, 0.3) is 0 Å². The Labute approximate surface area is 113 Å². The molecule has 0 bridgehead atoms. The molecule has 0 saturated carbocycles. The third-order valence-electron chi connectivity index (χ3n) is 3.79. The smallest absolute Gasteiger partial charge is 0.303 e. The van der Waals surface area contributed by atoms with E-state index in [-0.39, 0.29) is 24.4 Å². The lowest BCUT2D eigenvalue weighted by molar-refractivity contribution is -0.141. The number of aliphatic carboxylic acids is 1. The topological polar surface area (TPSA) is 46.5 Å². The molecular formula is C16H20O3. The first-order chi connectivity index (χ1) is 9.22. The zero-order valence-electron chi connectivity index (χ0n) is 11.0. The van der Waals surface area contributed by atoms with Crippen molar-refractivity contribution in [1.82, 2.24) is 0 Å². The summed E-state index contributed by atoms with van der Waals surface area (Å²) in [6, 6.07) is 10.2. The minimum absolute atomic E-state index is 0.0200. The summed E-state index contributed by atoms with van der Waals surface area (Å²) in [5, 5.41) is 9.14. The van der Waals surface area contributed by atoms with Gasteiger partial charge in [-0.15, -0.1) is 6.58 Å². The highest BCUT2D eigenvalue weighted by molar-refractivity contribution is 5.67. The third-order valence-corrected chi connectivity index (χ3v) is 3.79. The highest BCUT2D eigenvalue weighted by atomic mass is 16.5. The van der Waals surface area contributed by atoms with E-state index in [0.717, 1.165) is 6.42 Å². The summed E-state index contributed by atoms with van der Waals surface area (Å²) in [7, 11) is 0. The molecular weight excluding hydrogens is 240 g/mol. The van der Waals surface area contributed by atoms with Crippen LogP contribution in [0, 0.1) is 5.92 Å². The van der Waals surface area contributed by atoms with Crippen molar-refractivity contribution in [3.8, 4) is 0 Å². The van der Waals surface area contributed by atoms with Crippen LogP contribution in [-0.2, 0) is 9.53 Å². The monoisotopic (exact) mass is 260 g/mol.